The molecule has 0 atom stereocenters. The van der Waals surface area contributed by atoms with Crippen LogP contribution in [0.3, 0.4) is 0 Å². The van der Waals surface area contributed by atoms with Gasteiger partial charge in [-0.15, -0.1) is 0 Å². The molecule has 0 unspecified atom stereocenters. The van der Waals surface area contributed by atoms with E-state index in [1.54, 1.807) is 19.1 Å². The fourth-order valence-electron chi connectivity index (χ4n) is 3.41. The van der Waals surface area contributed by atoms with Gasteiger partial charge in [-0.2, -0.15) is 8.42 Å². The summed E-state index contributed by atoms with van der Waals surface area (Å²) < 4.78 is 32.0. The lowest BCUT2D eigenvalue weighted by atomic mass is 10.1. The number of benzene rings is 3. The van der Waals surface area contributed by atoms with E-state index in [4.69, 9.17) is 4.18 Å². The van der Waals surface area contributed by atoms with Crippen LogP contribution in [0.4, 0.5) is 16.2 Å². The molecule has 194 valence electrons. The second-order valence-electron chi connectivity index (χ2n) is 7.89. The van der Waals surface area contributed by atoms with Gasteiger partial charge in [0.1, 0.15) is 10.5 Å². The van der Waals surface area contributed by atoms with Gasteiger partial charge in [-0.1, -0.05) is 33.6 Å². The largest absolute Gasteiger partial charge is 0.377 e. The van der Waals surface area contributed by atoms with Crippen LogP contribution in [0, 0.1) is 17.0 Å². The van der Waals surface area contributed by atoms with Crippen molar-refractivity contribution in [2.24, 2.45) is 0 Å². The molecule has 38 heavy (non-hydrogen) atoms. The number of aryl methyl sites for hydroxylation is 1. The number of carbonyl (C=O) groups excluding carboxylic acids is 3. The van der Waals surface area contributed by atoms with Crippen LogP contribution in [-0.2, 0) is 19.7 Å². The summed E-state index contributed by atoms with van der Waals surface area (Å²) >= 11 is 6.53. The average molecular weight is 665 g/mol. The topological polar surface area (TPSA) is 153 Å². The summed E-state index contributed by atoms with van der Waals surface area (Å²) in [4.78, 5) is 49.2. The third-order valence-electron chi connectivity index (χ3n) is 5.26. The Bertz CT molecular complexity index is 1640. The summed E-state index contributed by atoms with van der Waals surface area (Å²) in [6.07, 6.45) is 1.08. The van der Waals surface area contributed by atoms with E-state index in [-0.39, 0.29) is 32.1 Å². The minimum atomic E-state index is -4.31. The molecule has 4 amide bonds. The number of imide groups is 2. The van der Waals surface area contributed by atoms with Gasteiger partial charge in [0, 0.05) is 22.2 Å². The Balaban J connectivity index is 1.77. The Morgan fingerprint density at radius 3 is 2.24 bits per heavy atom. The van der Waals surface area contributed by atoms with Gasteiger partial charge in [-0.25, -0.2) is 9.69 Å². The number of rotatable bonds is 6. The highest BCUT2D eigenvalue weighted by molar-refractivity contribution is 9.11. The first-order valence-corrected chi connectivity index (χ1v) is 13.5. The van der Waals surface area contributed by atoms with Crippen LogP contribution in [0.2, 0.25) is 0 Å². The SMILES string of the molecule is Cc1ccc(S(=O)(=O)Oc2c(Br)cc(Br)cc2/C=C2\C(=O)NC(=O)N(c3ccc([N+](=O)[O-])cc3)C2=O)cc1. The molecule has 1 fully saturated rings. The number of halogens is 2. The molecule has 1 saturated heterocycles. The zero-order valence-electron chi connectivity index (χ0n) is 19.2. The van der Waals surface area contributed by atoms with E-state index in [1.807, 2.05) is 5.32 Å². The maximum Gasteiger partial charge on any atom is 0.339 e. The smallest absolute Gasteiger partial charge is 0.339 e. The summed E-state index contributed by atoms with van der Waals surface area (Å²) in [7, 11) is -4.31. The van der Waals surface area contributed by atoms with E-state index in [1.165, 1.54) is 36.4 Å². The van der Waals surface area contributed by atoms with Crippen molar-refractivity contribution in [3.8, 4) is 5.75 Å². The first kappa shape index (κ1) is 27.2. The molecule has 0 saturated carbocycles. The molecule has 0 bridgehead atoms. The van der Waals surface area contributed by atoms with Crippen LogP contribution in [0.25, 0.3) is 6.08 Å². The van der Waals surface area contributed by atoms with Crippen molar-refractivity contribution in [3.05, 3.63) is 96.4 Å². The van der Waals surface area contributed by atoms with Crippen LogP contribution >= 0.6 is 31.9 Å². The third-order valence-corrected chi connectivity index (χ3v) is 7.54. The fraction of sp³-hybridized carbons (Fsp3) is 0.0417. The van der Waals surface area contributed by atoms with Crippen LogP contribution < -0.4 is 14.4 Å². The van der Waals surface area contributed by atoms with Crippen molar-refractivity contribution in [1.29, 1.82) is 0 Å². The maximum atomic E-state index is 13.2. The predicted octanol–water partition coefficient (Wildman–Crippen LogP) is 4.86. The van der Waals surface area contributed by atoms with Gasteiger partial charge in [0.05, 0.1) is 15.1 Å². The average Bonchev–Trinajstić information content (AvgIpc) is 2.84. The molecule has 3 aromatic rings. The van der Waals surface area contributed by atoms with E-state index < -0.39 is 38.5 Å². The molecule has 0 aromatic heterocycles. The number of hydrogen-bond donors (Lipinski definition) is 1. The van der Waals surface area contributed by atoms with E-state index in [2.05, 4.69) is 31.9 Å². The van der Waals surface area contributed by atoms with Gasteiger partial charge in [-0.05, 0) is 65.3 Å². The highest BCUT2D eigenvalue weighted by atomic mass is 79.9. The first-order valence-electron chi connectivity index (χ1n) is 10.5. The molecule has 0 spiro atoms. The Kier molecular flexibility index (Phi) is 7.49. The molecule has 3 aromatic carbocycles. The third kappa shape index (κ3) is 5.51. The van der Waals surface area contributed by atoms with Gasteiger partial charge < -0.3 is 4.18 Å². The highest BCUT2D eigenvalue weighted by Crippen LogP contribution is 2.37. The van der Waals surface area contributed by atoms with Crippen molar-refractivity contribution in [2.45, 2.75) is 11.8 Å². The normalized spacial score (nSPS) is 15.0. The number of nitrogens with one attached hydrogen (secondary N) is 1. The van der Waals surface area contributed by atoms with Crippen molar-refractivity contribution in [2.75, 3.05) is 4.90 Å². The van der Waals surface area contributed by atoms with Gasteiger partial charge in [-0.3, -0.25) is 25.0 Å². The second kappa shape index (κ2) is 10.5. The minimum Gasteiger partial charge on any atom is -0.377 e. The van der Waals surface area contributed by atoms with Crippen LogP contribution in [-0.4, -0.2) is 31.2 Å². The number of nitro benzene ring substituents is 1. The molecule has 1 N–H and O–H groups in total. The maximum absolute atomic E-state index is 13.2. The number of hydrogen-bond acceptors (Lipinski definition) is 8. The van der Waals surface area contributed by atoms with E-state index >= 15 is 0 Å². The number of nitro groups is 1. The van der Waals surface area contributed by atoms with Gasteiger partial charge in [0.2, 0.25) is 0 Å². The standard InChI is InChI=1S/C24H15Br2N3O8S/c1-13-2-8-18(9-3-13)38(35,36)37-21-14(10-15(25)12-20(21)26)11-19-22(30)27-24(32)28(23(19)31)16-4-6-17(7-5-16)29(33)34/h2-12H,1H3,(H,27,30,32)/b19-11+. The quantitative estimate of drug-likeness (QED) is 0.129. The van der Waals surface area contributed by atoms with Crippen LogP contribution in [0.1, 0.15) is 11.1 Å². The second-order valence-corrected chi connectivity index (χ2v) is 11.2. The number of non-ortho nitro benzene ring substituents is 1. The minimum absolute atomic E-state index is 0.0228. The first-order chi connectivity index (χ1) is 17.9. The van der Waals surface area contributed by atoms with Gasteiger partial charge in [0.15, 0.2) is 5.75 Å². The number of barbiturate groups is 1. The zero-order valence-corrected chi connectivity index (χ0v) is 23.2. The van der Waals surface area contributed by atoms with E-state index in [9.17, 15) is 32.9 Å². The Hall–Kier alpha value is -3.88. The summed E-state index contributed by atoms with van der Waals surface area (Å²) in [5.74, 6) is -2.27. The lowest BCUT2D eigenvalue weighted by molar-refractivity contribution is -0.384. The van der Waals surface area contributed by atoms with Gasteiger partial charge >= 0.3 is 16.1 Å². The molecular weight excluding hydrogens is 650 g/mol. The lowest BCUT2D eigenvalue weighted by Crippen LogP contribution is -2.54. The lowest BCUT2D eigenvalue weighted by Gasteiger charge is -2.26. The highest BCUT2D eigenvalue weighted by Gasteiger charge is 2.37. The predicted molar refractivity (Wildman–Crippen MR) is 143 cm³/mol. The molecule has 0 aliphatic carbocycles. The summed E-state index contributed by atoms with van der Waals surface area (Å²) in [6.45, 7) is 1.80. The van der Waals surface area contributed by atoms with Gasteiger partial charge in [0.25, 0.3) is 17.5 Å². The fourth-order valence-corrected chi connectivity index (χ4v) is 5.83. The van der Waals surface area contributed by atoms with E-state index in [0.717, 1.165) is 23.8 Å². The van der Waals surface area contributed by atoms with Crippen molar-refractivity contribution in [1.82, 2.24) is 5.32 Å². The molecule has 1 aliphatic rings. The van der Waals surface area contributed by atoms with Crippen LogP contribution in [0.15, 0.2) is 80.1 Å². The van der Waals surface area contributed by atoms with Crippen LogP contribution in [0.5, 0.6) is 5.75 Å². The molecule has 0 radical (unpaired) electrons. The summed E-state index contributed by atoms with van der Waals surface area (Å²) in [5, 5.41) is 13.0. The molecule has 14 heteroatoms. The molecule has 4 rings (SSSR count). The monoisotopic (exact) mass is 663 g/mol. The van der Waals surface area contributed by atoms with E-state index in [0.29, 0.717) is 9.37 Å². The van der Waals surface area contributed by atoms with Crippen molar-refractivity contribution in [3.63, 3.8) is 0 Å². The van der Waals surface area contributed by atoms with Crippen molar-refractivity contribution >= 4 is 77.3 Å². The Morgan fingerprint density at radius 2 is 1.63 bits per heavy atom. The molecular formula is C24H15Br2N3O8S. The summed E-state index contributed by atoms with van der Waals surface area (Å²) in [6, 6.07) is 12.4. The summed E-state index contributed by atoms with van der Waals surface area (Å²) in [5.41, 5.74) is 0.0727. The number of amides is 4. The Morgan fingerprint density at radius 1 is 1.00 bits per heavy atom. The molecule has 1 aliphatic heterocycles. The molecule has 11 nitrogen and oxygen atoms in total. The Labute approximate surface area is 232 Å². The van der Waals surface area contributed by atoms with Crippen molar-refractivity contribution < 1.29 is 31.9 Å². The number of urea groups is 1. The molecule has 1 heterocycles. The number of nitrogens with zero attached hydrogens (tertiary/aromatic N) is 2. The zero-order chi connectivity index (χ0) is 27.8. The number of anilines is 1. The number of carbonyl (C=O) groups is 3.